The van der Waals surface area contributed by atoms with Crippen LogP contribution in [0.25, 0.3) is 0 Å². The Balaban J connectivity index is 1.69. The number of fused-ring (bicyclic) bond motifs is 3. The van der Waals surface area contributed by atoms with Gasteiger partial charge in [0.1, 0.15) is 23.6 Å². The number of aromatic hydroxyl groups is 1. The number of halogens is 3. The van der Waals surface area contributed by atoms with Crippen molar-refractivity contribution in [2.24, 2.45) is 5.92 Å². The molecule has 0 unspecified atom stereocenters. The van der Waals surface area contributed by atoms with Crippen LogP contribution in [-0.2, 0) is 6.42 Å². The number of aromatic nitrogens is 1. The molecule has 2 atom stereocenters. The molecule has 1 saturated heterocycles. The molecule has 1 N–H and O–H groups in total. The van der Waals surface area contributed by atoms with Gasteiger partial charge in [-0.2, -0.15) is 0 Å². The van der Waals surface area contributed by atoms with Crippen molar-refractivity contribution in [2.75, 3.05) is 18.6 Å². The third-order valence-corrected chi connectivity index (χ3v) is 6.23. The summed E-state index contributed by atoms with van der Waals surface area (Å²) in [5.74, 6) is -5.10. The zero-order valence-corrected chi connectivity index (χ0v) is 17.6. The summed E-state index contributed by atoms with van der Waals surface area (Å²) in [5, 5.41) is 12.3. The molecule has 1 amide bonds. The molecular formula is C22H22F3N3O4. The fourth-order valence-electron chi connectivity index (χ4n) is 4.39. The topological polar surface area (TPSA) is 82.8 Å². The molecule has 0 saturated carbocycles. The van der Waals surface area contributed by atoms with Crippen LogP contribution < -0.4 is 10.4 Å². The van der Waals surface area contributed by atoms with Gasteiger partial charge in [0.25, 0.3) is 5.91 Å². The molecule has 0 radical (unpaired) electrons. The Kier molecular flexibility index (Phi) is 5.47. The number of ketones is 1. The van der Waals surface area contributed by atoms with Crippen molar-refractivity contribution in [3.05, 3.63) is 62.8 Å². The summed E-state index contributed by atoms with van der Waals surface area (Å²) < 4.78 is 42.2. The molecule has 3 heterocycles. The third kappa shape index (κ3) is 3.53. The second-order valence-electron chi connectivity index (χ2n) is 8.37. The highest BCUT2D eigenvalue weighted by Gasteiger charge is 2.41. The Hall–Kier alpha value is -3.30. The van der Waals surface area contributed by atoms with Crippen LogP contribution in [0, 0.1) is 23.4 Å². The monoisotopic (exact) mass is 449 g/mol. The number of carbonyl (C=O) groups excluding carboxylic acids is 2. The zero-order valence-electron chi connectivity index (χ0n) is 17.6. The number of Topliss-reactive ketones (excluding diaryl/α,β-unsaturated/α-hetero) is 1. The number of rotatable bonds is 4. The van der Waals surface area contributed by atoms with E-state index in [4.69, 9.17) is 0 Å². The van der Waals surface area contributed by atoms with Crippen LogP contribution in [0.5, 0.6) is 5.75 Å². The minimum atomic E-state index is -1.13. The molecule has 0 spiro atoms. The molecule has 32 heavy (non-hydrogen) atoms. The van der Waals surface area contributed by atoms with Gasteiger partial charge in [0, 0.05) is 43.9 Å². The van der Waals surface area contributed by atoms with Gasteiger partial charge in [-0.15, -0.1) is 0 Å². The minimum Gasteiger partial charge on any atom is -0.502 e. The fourth-order valence-corrected chi connectivity index (χ4v) is 4.39. The van der Waals surface area contributed by atoms with E-state index in [1.54, 1.807) is 7.05 Å². The van der Waals surface area contributed by atoms with Crippen LogP contribution in [0.2, 0.25) is 0 Å². The summed E-state index contributed by atoms with van der Waals surface area (Å²) in [4.78, 5) is 39.7. The molecule has 1 fully saturated rings. The normalized spacial score (nSPS) is 20.2. The van der Waals surface area contributed by atoms with E-state index in [2.05, 4.69) is 6.92 Å². The van der Waals surface area contributed by atoms with E-state index in [1.807, 2.05) is 5.01 Å². The van der Waals surface area contributed by atoms with Crippen LogP contribution in [0.15, 0.2) is 23.1 Å². The standard InChI is InChI=1S/C22H22F3N3O4/c1-11-5-6-27-18(7-11)26(2)22(32)19-21(31)20(30)14(10-28(19)27)17(29)4-3-13-15(24)8-12(23)9-16(13)25/h8-11,18,31H,3-7H2,1-2H3/t11-,18+/m1/s1. The fraction of sp³-hybridized carbons (Fsp3) is 0.409. The number of hydrogen-bond donors (Lipinski definition) is 1. The van der Waals surface area contributed by atoms with Gasteiger partial charge in [0.05, 0.1) is 5.56 Å². The summed E-state index contributed by atoms with van der Waals surface area (Å²) in [7, 11) is 1.59. The van der Waals surface area contributed by atoms with Crippen molar-refractivity contribution in [3.63, 3.8) is 0 Å². The van der Waals surface area contributed by atoms with Gasteiger partial charge in [-0.05, 0) is 25.2 Å². The minimum absolute atomic E-state index is 0.226. The molecule has 1 aromatic heterocycles. The number of nitrogens with zero attached hydrogens (tertiary/aromatic N) is 3. The van der Waals surface area contributed by atoms with Crippen molar-refractivity contribution >= 4 is 11.7 Å². The number of hydrogen-bond acceptors (Lipinski definition) is 5. The second-order valence-corrected chi connectivity index (χ2v) is 8.37. The Morgan fingerprint density at radius 2 is 1.84 bits per heavy atom. The zero-order chi connectivity index (χ0) is 23.3. The summed E-state index contributed by atoms with van der Waals surface area (Å²) in [5.41, 5.74) is -2.10. The van der Waals surface area contributed by atoms with Gasteiger partial charge in [0.15, 0.2) is 17.2 Å². The van der Waals surface area contributed by atoms with E-state index in [9.17, 15) is 32.7 Å². The Labute approximate surface area is 181 Å². The molecule has 1 aromatic carbocycles. The maximum atomic E-state index is 13.9. The third-order valence-electron chi connectivity index (χ3n) is 6.23. The summed E-state index contributed by atoms with van der Waals surface area (Å²) >= 11 is 0. The first-order valence-electron chi connectivity index (χ1n) is 10.3. The first-order valence-corrected chi connectivity index (χ1v) is 10.3. The van der Waals surface area contributed by atoms with Crippen molar-refractivity contribution < 1.29 is 27.9 Å². The molecule has 0 aliphatic carbocycles. The van der Waals surface area contributed by atoms with E-state index in [1.165, 1.54) is 15.8 Å². The van der Waals surface area contributed by atoms with Crippen LogP contribution >= 0.6 is 0 Å². The quantitative estimate of drug-likeness (QED) is 0.726. The highest BCUT2D eigenvalue weighted by molar-refractivity contribution is 6.00. The smallest absolute Gasteiger partial charge is 0.277 e. The van der Waals surface area contributed by atoms with Gasteiger partial charge in [-0.25, -0.2) is 13.2 Å². The van der Waals surface area contributed by atoms with Gasteiger partial charge in [-0.1, -0.05) is 6.92 Å². The molecule has 7 nitrogen and oxygen atoms in total. The maximum absolute atomic E-state index is 13.9. The summed E-state index contributed by atoms with van der Waals surface area (Å²) in [6.45, 7) is 2.61. The van der Waals surface area contributed by atoms with Crippen LogP contribution in [0.1, 0.15) is 52.6 Å². The highest BCUT2D eigenvalue weighted by atomic mass is 19.1. The van der Waals surface area contributed by atoms with E-state index in [0.29, 0.717) is 31.0 Å². The predicted molar refractivity (Wildman–Crippen MR) is 109 cm³/mol. The van der Waals surface area contributed by atoms with Crippen molar-refractivity contribution in [1.82, 2.24) is 9.58 Å². The number of carbonyl (C=O) groups is 2. The van der Waals surface area contributed by atoms with Crippen LogP contribution in [-0.4, -0.2) is 46.1 Å². The molecule has 2 aliphatic rings. The van der Waals surface area contributed by atoms with Gasteiger partial charge in [0.2, 0.25) is 5.43 Å². The summed E-state index contributed by atoms with van der Waals surface area (Å²) in [6.07, 6.45) is 1.57. The van der Waals surface area contributed by atoms with E-state index < -0.39 is 58.7 Å². The molecule has 2 aliphatic heterocycles. The predicted octanol–water partition coefficient (Wildman–Crippen LogP) is 2.57. The lowest BCUT2D eigenvalue weighted by Crippen LogP contribution is -2.62. The van der Waals surface area contributed by atoms with E-state index in [-0.39, 0.29) is 17.4 Å². The van der Waals surface area contributed by atoms with Gasteiger partial charge in [-0.3, -0.25) is 24.1 Å². The maximum Gasteiger partial charge on any atom is 0.277 e. The lowest BCUT2D eigenvalue weighted by Gasteiger charge is -2.49. The summed E-state index contributed by atoms with van der Waals surface area (Å²) in [6, 6.07) is 1.03. The van der Waals surface area contributed by atoms with E-state index in [0.717, 1.165) is 6.42 Å². The van der Waals surface area contributed by atoms with Gasteiger partial charge < -0.3 is 10.0 Å². The lowest BCUT2D eigenvalue weighted by molar-refractivity contribution is 0.0557. The lowest BCUT2D eigenvalue weighted by atomic mass is 9.95. The number of pyridine rings is 1. The largest absolute Gasteiger partial charge is 0.502 e. The molecule has 10 heteroatoms. The molecule has 0 bridgehead atoms. The van der Waals surface area contributed by atoms with Gasteiger partial charge >= 0.3 is 0 Å². The van der Waals surface area contributed by atoms with Crippen LogP contribution in [0.3, 0.4) is 0 Å². The van der Waals surface area contributed by atoms with Crippen LogP contribution in [0.4, 0.5) is 13.2 Å². The first kappa shape index (κ1) is 21.9. The Morgan fingerprint density at radius 3 is 2.50 bits per heavy atom. The second kappa shape index (κ2) is 7.99. The number of amides is 1. The highest BCUT2D eigenvalue weighted by Crippen LogP contribution is 2.31. The number of piperidine rings is 1. The molecular weight excluding hydrogens is 427 g/mol. The SMILES string of the molecule is C[C@@H]1CCN2[C@@H](C1)N(C)C(=O)c1c(O)c(=O)c(C(=O)CCc3c(F)cc(F)cc3F)cn12. The van der Waals surface area contributed by atoms with Crippen molar-refractivity contribution in [2.45, 2.75) is 38.8 Å². The molecule has 4 rings (SSSR count). The Bertz CT molecular complexity index is 1160. The molecule has 2 aromatic rings. The van der Waals surface area contributed by atoms with Crippen molar-refractivity contribution in [3.8, 4) is 5.75 Å². The molecule has 170 valence electrons. The first-order chi connectivity index (χ1) is 15.1. The number of benzene rings is 1. The Morgan fingerprint density at radius 1 is 1.19 bits per heavy atom. The van der Waals surface area contributed by atoms with E-state index >= 15 is 0 Å². The average Bonchev–Trinajstić information content (AvgIpc) is 2.73. The van der Waals surface area contributed by atoms with Crippen molar-refractivity contribution in [1.29, 1.82) is 0 Å². The average molecular weight is 449 g/mol.